The van der Waals surface area contributed by atoms with Crippen LogP contribution in [0.5, 0.6) is 0 Å². The fourth-order valence-electron chi connectivity index (χ4n) is 3.77. The number of nitrogens with one attached hydrogen (secondary N) is 2. The standard InChI is InChI=1S/C21H22FN5O2/c1-24-21(29)13-7-5-12(6-8-13)14-9-18-19(26-17-4-2-3-16(17)22)15(20(23)28)10-25-27(18)11-14/h5-11,16-17,26H,2-4H2,1H3,(H2,23,28)(H,24,29)/t16-,17+/m0/s1. The van der Waals surface area contributed by atoms with Gasteiger partial charge in [0.1, 0.15) is 6.17 Å². The molecule has 2 atom stereocenters. The summed E-state index contributed by atoms with van der Waals surface area (Å²) < 4.78 is 15.8. The molecule has 0 radical (unpaired) electrons. The maximum atomic E-state index is 14.2. The first-order valence-electron chi connectivity index (χ1n) is 9.52. The highest BCUT2D eigenvalue weighted by Crippen LogP contribution is 2.32. The lowest BCUT2D eigenvalue weighted by Gasteiger charge is -2.19. The van der Waals surface area contributed by atoms with Gasteiger partial charge in [-0.3, -0.25) is 9.59 Å². The van der Waals surface area contributed by atoms with Gasteiger partial charge in [0.05, 0.1) is 29.0 Å². The largest absolute Gasteiger partial charge is 0.377 e. The van der Waals surface area contributed by atoms with Gasteiger partial charge in [-0.25, -0.2) is 8.91 Å². The van der Waals surface area contributed by atoms with Gasteiger partial charge in [0, 0.05) is 24.4 Å². The zero-order valence-electron chi connectivity index (χ0n) is 16.0. The number of rotatable bonds is 5. The summed E-state index contributed by atoms with van der Waals surface area (Å²) in [5.41, 5.74) is 9.21. The lowest BCUT2D eigenvalue weighted by Crippen LogP contribution is -2.27. The Labute approximate surface area is 167 Å². The van der Waals surface area contributed by atoms with Crippen LogP contribution in [-0.2, 0) is 0 Å². The number of anilines is 1. The van der Waals surface area contributed by atoms with Gasteiger partial charge >= 0.3 is 0 Å². The molecule has 0 saturated heterocycles. The van der Waals surface area contributed by atoms with Gasteiger partial charge in [-0.2, -0.15) is 5.10 Å². The van der Waals surface area contributed by atoms with Crippen molar-refractivity contribution in [2.24, 2.45) is 5.73 Å². The van der Waals surface area contributed by atoms with Crippen molar-refractivity contribution in [3.05, 3.63) is 53.9 Å². The van der Waals surface area contributed by atoms with Crippen molar-refractivity contribution >= 4 is 23.0 Å². The maximum absolute atomic E-state index is 14.2. The molecular weight excluding hydrogens is 373 g/mol. The summed E-state index contributed by atoms with van der Waals surface area (Å²) in [6.45, 7) is 0. The lowest BCUT2D eigenvalue weighted by molar-refractivity contribution is 0.0961. The van der Waals surface area contributed by atoms with Crippen LogP contribution < -0.4 is 16.4 Å². The van der Waals surface area contributed by atoms with E-state index in [4.69, 9.17) is 5.73 Å². The molecule has 0 unspecified atom stereocenters. The Bertz CT molecular complexity index is 1080. The average Bonchev–Trinajstić information content (AvgIpc) is 3.34. The number of carbonyl (C=O) groups excluding carboxylic acids is 2. The molecule has 8 heteroatoms. The number of nitrogens with two attached hydrogens (primary N) is 1. The van der Waals surface area contributed by atoms with Crippen LogP contribution in [0, 0.1) is 0 Å². The summed E-state index contributed by atoms with van der Waals surface area (Å²) >= 11 is 0. The SMILES string of the molecule is CNC(=O)c1ccc(-c2cc3c(N[C@@H]4CCC[C@@H]4F)c(C(N)=O)cnn3c2)cc1. The Morgan fingerprint density at radius 2 is 1.97 bits per heavy atom. The Kier molecular flexibility index (Phi) is 4.92. The number of fused-ring (bicyclic) bond motifs is 1. The molecule has 0 aliphatic heterocycles. The number of hydrogen-bond donors (Lipinski definition) is 3. The lowest BCUT2D eigenvalue weighted by atomic mass is 10.1. The number of alkyl halides is 1. The van der Waals surface area contributed by atoms with Crippen LogP contribution in [0.4, 0.5) is 10.1 Å². The zero-order chi connectivity index (χ0) is 20.5. The van der Waals surface area contributed by atoms with E-state index in [-0.39, 0.29) is 17.5 Å². The predicted molar refractivity (Wildman–Crippen MR) is 109 cm³/mol. The van der Waals surface area contributed by atoms with E-state index in [1.165, 1.54) is 6.20 Å². The molecule has 4 N–H and O–H groups in total. The number of halogens is 1. The molecule has 2 heterocycles. The quantitative estimate of drug-likeness (QED) is 0.618. The van der Waals surface area contributed by atoms with Crippen molar-refractivity contribution in [2.45, 2.75) is 31.5 Å². The third kappa shape index (κ3) is 3.53. The maximum Gasteiger partial charge on any atom is 0.252 e. The van der Waals surface area contributed by atoms with Crippen LogP contribution in [0.3, 0.4) is 0 Å². The van der Waals surface area contributed by atoms with Gasteiger partial charge in [-0.15, -0.1) is 0 Å². The van der Waals surface area contributed by atoms with Gasteiger partial charge in [0.15, 0.2) is 0 Å². The van der Waals surface area contributed by atoms with E-state index < -0.39 is 12.1 Å². The van der Waals surface area contributed by atoms with E-state index in [0.29, 0.717) is 29.6 Å². The summed E-state index contributed by atoms with van der Waals surface area (Å²) in [5.74, 6) is -0.774. The molecule has 3 aromatic rings. The van der Waals surface area contributed by atoms with Gasteiger partial charge in [-0.1, -0.05) is 12.1 Å². The topological polar surface area (TPSA) is 102 Å². The van der Waals surface area contributed by atoms with Crippen molar-refractivity contribution in [3.8, 4) is 11.1 Å². The molecule has 4 rings (SSSR count). The third-order valence-electron chi connectivity index (χ3n) is 5.37. The normalized spacial score (nSPS) is 18.7. The predicted octanol–water partition coefficient (Wildman–Crippen LogP) is 2.76. The van der Waals surface area contributed by atoms with Gasteiger partial charge in [-0.05, 0) is 43.0 Å². The van der Waals surface area contributed by atoms with E-state index in [0.717, 1.165) is 17.5 Å². The highest BCUT2D eigenvalue weighted by Gasteiger charge is 2.29. The fourth-order valence-corrected chi connectivity index (χ4v) is 3.77. The number of carbonyl (C=O) groups is 2. The van der Waals surface area contributed by atoms with E-state index in [2.05, 4.69) is 15.7 Å². The molecule has 0 bridgehead atoms. The van der Waals surface area contributed by atoms with Crippen LogP contribution >= 0.6 is 0 Å². The van der Waals surface area contributed by atoms with Crippen molar-refractivity contribution in [3.63, 3.8) is 0 Å². The third-order valence-corrected chi connectivity index (χ3v) is 5.37. The molecule has 2 aromatic heterocycles. The molecule has 1 aliphatic rings. The molecule has 1 aromatic carbocycles. The van der Waals surface area contributed by atoms with Crippen molar-refractivity contribution < 1.29 is 14.0 Å². The number of hydrogen-bond acceptors (Lipinski definition) is 4. The molecule has 1 fully saturated rings. The molecular formula is C21H22FN5O2. The first-order valence-corrected chi connectivity index (χ1v) is 9.52. The number of primary amides is 1. The van der Waals surface area contributed by atoms with E-state index in [1.807, 2.05) is 24.4 Å². The second kappa shape index (κ2) is 7.54. The van der Waals surface area contributed by atoms with Crippen LogP contribution in [0.1, 0.15) is 40.0 Å². The number of amides is 2. The van der Waals surface area contributed by atoms with Crippen LogP contribution in [0.25, 0.3) is 16.6 Å². The first-order chi connectivity index (χ1) is 14.0. The van der Waals surface area contributed by atoms with E-state index in [9.17, 15) is 14.0 Å². The molecule has 7 nitrogen and oxygen atoms in total. The van der Waals surface area contributed by atoms with Crippen molar-refractivity contribution in [1.29, 1.82) is 0 Å². The fraction of sp³-hybridized carbons (Fsp3) is 0.286. The number of benzene rings is 1. The summed E-state index contributed by atoms with van der Waals surface area (Å²) in [5, 5.41) is 10.1. The van der Waals surface area contributed by atoms with Crippen LogP contribution in [0.2, 0.25) is 0 Å². The number of aromatic nitrogens is 2. The Balaban J connectivity index is 1.75. The molecule has 0 spiro atoms. The van der Waals surface area contributed by atoms with Gasteiger partial charge in [0.25, 0.3) is 11.8 Å². The smallest absolute Gasteiger partial charge is 0.252 e. The zero-order valence-corrected chi connectivity index (χ0v) is 16.0. The second-order valence-corrected chi connectivity index (χ2v) is 7.21. The molecule has 1 aliphatic carbocycles. The monoisotopic (exact) mass is 395 g/mol. The van der Waals surface area contributed by atoms with E-state index in [1.54, 1.807) is 23.7 Å². The first kappa shape index (κ1) is 18.9. The van der Waals surface area contributed by atoms with Crippen molar-refractivity contribution in [1.82, 2.24) is 14.9 Å². The molecule has 2 amide bonds. The summed E-state index contributed by atoms with van der Waals surface area (Å²) in [6.07, 6.45) is 4.27. The molecule has 1 saturated carbocycles. The average molecular weight is 395 g/mol. The number of nitrogens with zero attached hydrogens (tertiary/aromatic N) is 2. The van der Waals surface area contributed by atoms with Crippen LogP contribution in [0.15, 0.2) is 42.7 Å². The Morgan fingerprint density at radius 1 is 1.21 bits per heavy atom. The summed E-state index contributed by atoms with van der Waals surface area (Å²) in [7, 11) is 1.58. The van der Waals surface area contributed by atoms with Gasteiger partial charge < -0.3 is 16.4 Å². The summed E-state index contributed by atoms with van der Waals surface area (Å²) in [4.78, 5) is 23.7. The minimum atomic E-state index is -0.962. The summed E-state index contributed by atoms with van der Waals surface area (Å²) in [6, 6.07) is 8.68. The minimum absolute atomic E-state index is 0.157. The van der Waals surface area contributed by atoms with Crippen molar-refractivity contribution in [2.75, 3.05) is 12.4 Å². The second-order valence-electron chi connectivity index (χ2n) is 7.21. The Hall–Kier alpha value is -3.42. The highest BCUT2D eigenvalue weighted by molar-refractivity contribution is 6.02. The van der Waals surface area contributed by atoms with Gasteiger partial charge in [0.2, 0.25) is 0 Å². The van der Waals surface area contributed by atoms with E-state index >= 15 is 0 Å². The molecule has 150 valence electrons. The molecule has 29 heavy (non-hydrogen) atoms. The Morgan fingerprint density at radius 3 is 2.59 bits per heavy atom. The highest BCUT2D eigenvalue weighted by atomic mass is 19.1. The minimum Gasteiger partial charge on any atom is -0.377 e. The van der Waals surface area contributed by atoms with Crippen LogP contribution in [-0.4, -0.2) is 40.7 Å².